The molecular formula is C20H22N2O3. The molecule has 0 bridgehead atoms. The molecule has 5 nitrogen and oxygen atoms in total. The fraction of sp³-hybridized carbons (Fsp3) is 0.350. The summed E-state index contributed by atoms with van der Waals surface area (Å²) in [7, 11) is 0. The van der Waals surface area contributed by atoms with E-state index in [1.165, 1.54) is 0 Å². The van der Waals surface area contributed by atoms with Crippen LogP contribution in [0.3, 0.4) is 0 Å². The molecule has 1 aliphatic heterocycles. The van der Waals surface area contributed by atoms with Crippen molar-refractivity contribution in [1.29, 1.82) is 0 Å². The Hall–Kier alpha value is -2.69. The van der Waals surface area contributed by atoms with Crippen LogP contribution >= 0.6 is 0 Å². The fourth-order valence-corrected chi connectivity index (χ4v) is 3.34. The van der Waals surface area contributed by atoms with Crippen molar-refractivity contribution in [2.24, 2.45) is 5.92 Å². The Balaban J connectivity index is 1.75. The summed E-state index contributed by atoms with van der Waals surface area (Å²) in [6, 6.07) is 13.6. The predicted octanol–water partition coefficient (Wildman–Crippen LogP) is 2.65. The number of aryl methyl sites for hydroxylation is 1. The summed E-state index contributed by atoms with van der Waals surface area (Å²) in [5.74, 6) is -1.36. The molecule has 1 aliphatic rings. The molecule has 2 heterocycles. The SMILES string of the molecule is Cc1ccc(CC(=O)N2CC(C(=O)O)CC(c3ccccc3)C2)cn1. The molecule has 1 fully saturated rings. The minimum absolute atomic E-state index is 0.0439. The molecule has 2 unspecified atom stereocenters. The number of hydrogen-bond acceptors (Lipinski definition) is 3. The molecule has 2 aromatic rings. The molecule has 1 aromatic carbocycles. The molecule has 1 N–H and O–H groups in total. The average Bonchev–Trinajstić information content (AvgIpc) is 2.64. The minimum atomic E-state index is -0.838. The molecule has 1 saturated heterocycles. The number of amides is 1. The Bertz CT molecular complexity index is 743. The van der Waals surface area contributed by atoms with Gasteiger partial charge in [0.05, 0.1) is 12.3 Å². The normalized spacial score (nSPS) is 20.3. The maximum atomic E-state index is 12.7. The molecule has 2 atom stereocenters. The molecule has 5 heteroatoms. The number of pyridine rings is 1. The number of carbonyl (C=O) groups is 2. The van der Waals surface area contributed by atoms with Crippen LogP contribution in [0.2, 0.25) is 0 Å². The van der Waals surface area contributed by atoms with Crippen LogP contribution in [0.4, 0.5) is 0 Å². The van der Waals surface area contributed by atoms with Crippen LogP contribution < -0.4 is 0 Å². The first-order valence-corrected chi connectivity index (χ1v) is 8.50. The third-order valence-corrected chi connectivity index (χ3v) is 4.75. The zero-order chi connectivity index (χ0) is 17.8. The number of rotatable bonds is 4. The van der Waals surface area contributed by atoms with Crippen molar-refractivity contribution >= 4 is 11.9 Å². The van der Waals surface area contributed by atoms with E-state index < -0.39 is 11.9 Å². The van der Waals surface area contributed by atoms with Crippen molar-refractivity contribution in [3.63, 3.8) is 0 Å². The second-order valence-corrected chi connectivity index (χ2v) is 6.66. The van der Waals surface area contributed by atoms with Crippen molar-refractivity contribution in [3.8, 4) is 0 Å². The quantitative estimate of drug-likeness (QED) is 0.930. The van der Waals surface area contributed by atoms with Crippen molar-refractivity contribution in [2.75, 3.05) is 13.1 Å². The minimum Gasteiger partial charge on any atom is -0.481 e. The number of nitrogens with zero attached hydrogens (tertiary/aromatic N) is 2. The number of likely N-dealkylation sites (tertiary alicyclic amines) is 1. The van der Waals surface area contributed by atoms with Crippen LogP contribution in [0.15, 0.2) is 48.7 Å². The monoisotopic (exact) mass is 338 g/mol. The van der Waals surface area contributed by atoms with Crippen LogP contribution in [0, 0.1) is 12.8 Å². The molecule has 0 spiro atoms. The van der Waals surface area contributed by atoms with Gasteiger partial charge in [-0.15, -0.1) is 0 Å². The summed E-state index contributed by atoms with van der Waals surface area (Å²) >= 11 is 0. The summed E-state index contributed by atoms with van der Waals surface area (Å²) in [4.78, 5) is 30.2. The van der Waals surface area contributed by atoms with Crippen LogP contribution in [-0.4, -0.2) is 40.0 Å². The lowest BCUT2D eigenvalue weighted by Gasteiger charge is -2.36. The number of piperidine rings is 1. The number of carboxylic acid groups (broad SMARTS) is 1. The highest BCUT2D eigenvalue weighted by Crippen LogP contribution is 2.30. The molecule has 1 amide bonds. The van der Waals surface area contributed by atoms with Gasteiger partial charge in [0.1, 0.15) is 0 Å². The highest BCUT2D eigenvalue weighted by atomic mass is 16.4. The van der Waals surface area contributed by atoms with Crippen molar-refractivity contribution in [1.82, 2.24) is 9.88 Å². The number of hydrogen-bond donors (Lipinski definition) is 1. The Morgan fingerprint density at radius 3 is 2.56 bits per heavy atom. The smallest absolute Gasteiger partial charge is 0.308 e. The Labute approximate surface area is 147 Å². The number of carboxylic acids is 1. The lowest BCUT2D eigenvalue weighted by molar-refractivity contribution is -0.146. The van der Waals surface area contributed by atoms with Gasteiger partial charge in [-0.25, -0.2) is 0 Å². The van der Waals surface area contributed by atoms with Gasteiger partial charge in [-0.1, -0.05) is 36.4 Å². The summed E-state index contributed by atoms with van der Waals surface area (Å²) in [6.45, 7) is 2.74. The Morgan fingerprint density at radius 1 is 1.16 bits per heavy atom. The van der Waals surface area contributed by atoms with Crippen molar-refractivity contribution in [2.45, 2.75) is 25.7 Å². The van der Waals surface area contributed by atoms with Crippen molar-refractivity contribution < 1.29 is 14.7 Å². The van der Waals surface area contributed by atoms with E-state index in [1.807, 2.05) is 49.4 Å². The number of benzene rings is 1. The predicted molar refractivity (Wildman–Crippen MR) is 94.2 cm³/mol. The molecule has 130 valence electrons. The van der Waals surface area contributed by atoms with E-state index in [9.17, 15) is 14.7 Å². The topological polar surface area (TPSA) is 70.5 Å². The zero-order valence-corrected chi connectivity index (χ0v) is 14.3. The lowest BCUT2D eigenvalue weighted by Crippen LogP contribution is -2.46. The van der Waals surface area contributed by atoms with E-state index in [1.54, 1.807) is 11.1 Å². The van der Waals surface area contributed by atoms with Crippen molar-refractivity contribution in [3.05, 3.63) is 65.5 Å². The van der Waals surface area contributed by atoms with E-state index in [4.69, 9.17) is 0 Å². The summed E-state index contributed by atoms with van der Waals surface area (Å²) < 4.78 is 0. The summed E-state index contributed by atoms with van der Waals surface area (Å²) in [5.41, 5.74) is 2.84. The van der Waals surface area contributed by atoms with E-state index in [-0.39, 0.29) is 24.8 Å². The van der Waals surface area contributed by atoms with Gasteiger partial charge in [0, 0.05) is 30.9 Å². The number of aromatic nitrogens is 1. The Morgan fingerprint density at radius 2 is 1.92 bits per heavy atom. The van der Waals surface area contributed by atoms with E-state index in [2.05, 4.69) is 4.98 Å². The van der Waals surface area contributed by atoms with Gasteiger partial charge in [-0.05, 0) is 30.5 Å². The summed E-state index contributed by atoms with van der Waals surface area (Å²) in [5, 5.41) is 9.47. The maximum Gasteiger partial charge on any atom is 0.308 e. The number of aliphatic carboxylic acids is 1. The van der Waals surface area contributed by atoms with Gasteiger partial charge in [0.25, 0.3) is 0 Å². The second-order valence-electron chi connectivity index (χ2n) is 6.66. The molecular weight excluding hydrogens is 316 g/mol. The summed E-state index contributed by atoms with van der Waals surface area (Å²) in [6.07, 6.45) is 2.52. The number of carbonyl (C=O) groups excluding carboxylic acids is 1. The van der Waals surface area contributed by atoms with E-state index >= 15 is 0 Å². The van der Waals surface area contributed by atoms with Gasteiger partial charge in [0.15, 0.2) is 0 Å². The zero-order valence-electron chi connectivity index (χ0n) is 14.3. The molecule has 0 aliphatic carbocycles. The Kier molecular flexibility index (Phi) is 5.12. The lowest BCUT2D eigenvalue weighted by atomic mass is 9.84. The van der Waals surface area contributed by atoms with Crippen LogP contribution in [0.1, 0.15) is 29.2 Å². The first-order chi connectivity index (χ1) is 12.0. The fourth-order valence-electron chi connectivity index (χ4n) is 3.34. The third-order valence-electron chi connectivity index (χ3n) is 4.75. The highest BCUT2D eigenvalue weighted by Gasteiger charge is 2.34. The second kappa shape index (κ2) is 7.47. The van der Waals surface area contributed by atoms with Crippen LogP contribution in [0.5, 0.6) is 0 Å². The molecule has 25 heavy (non-hydrogen) atoms. The van der Waals surface area contributed by atoms with Gasteiger partial charge >= 0.3 is 5.97 Å². The first kappa shape index (κ1) is 17.1. The van der Waals surface area contributed by atoms with E-state index in [0.717, 1.165) is 16.8 Å². The van der Waals surface area contributed by atoms with Gasteiger partial charge in [-0.3, -0.25) is 14.6 Å². The van der Waals surface area contributed by atoms with Crippen LogP contribution in [-0.2, 0) is 16.0 Å². The highest BCUT2D eigenvalue weighted by molar-refractivity contribution is 5.80. The molecule has 3 rings (SSSR count). The van der Waals surface area contributed by atoms with E-state index in [0.29, 0.717) is 13.0 Å². The first-order valence-electron chi connectivity index (χ1n) is 8.50. The third kappa shape index (κ3) is 4.24. The molecule has 0 radical (unpaired) electrons. The molecule has 0 saturated carbocycles. The van der Waals surface area contributed by atoms with Gasteiger partial charge < -0.3 is 10.0 Å². The standard InChI is InChI=1S/C20H22N2O3/c1-14-7-8-15(11-21-14)9-19(23)22-12-17(10-18(13-22)20(24)25)16-5-3-2-4-6-16/h2-8,11,17-18H,9-10,12-13H2,1H3,(H,24,25). The average molecular weight is 338 g/mol. The van der Waals surface area contributed by atoms with Gasteiger partial charge in [0.2, 0.25) is 5.91 Å². The maximum absolute atomic E-state index is 12.7. The van der Waals surface area contributed by atoms with Gasteiger partial charge in [-0.2, -0.15) is 0 Å². The van der Waals surface area contributed by atoms with Crippen LogP contribution in [0.25, 0.3) is 0 Å². The largest absolute Gasteiger partial charge is 0.481 e. The molecule has 1 aromatic heterocycles.